The summed E-state index contributed by atoms with van der Waals surface area (Å²) >= 11 is 1.68. The lowest BCUT2D eigenvalue weighted by molar-refractivity contribution is 0.0942. The van der Waals surface area contributed by atoms with Gasteiger partial charge in [0.15, 0.2) is 0 Å². The van der Waals surface area contributed by atoms with Gasteiger partial charge in [0.25, 0.3) is 5.91 Å². The molecule has 24 heavy (non-hydrogen) atoms. The highest BCUT2D eigenvalue weighted by molar-refractivity contribution is 7.07. The number of pyridine rings is 1. The summed E-state index contributed by atoms with van der Waals surface area (Å²) in [7, 11) is 4.07. The van der Waals surface area contributed by atoms with Crippen molar-refractivity contribution in [3.8, 4) is 0 Å². The van der Waals surface area contributed by atoms with E-state index in [9.17, 15) is 4.79 Å². The maximum Gasteiger partial charge on any atom is 0.255 e. The number of amides is 1. The molecular formula is C18H24N4OS. The summed E-state index contributed by atoms with van der Waals surface area (Å²) in [6.07, 6.45) is 4.09. The highest BCUT2D eigenvalue weighted by atomic mass is 32.1. The van der Waals surface area contributed by atoms with E-state index in [0.717, 1.165) is 18.9 Å². The van der Waals surface area contributed by atoms with Crippen LogP contribution < -0.4 is 10.2 Å². The molecule has 0 bridgehead atoms. The SMILES string of the molecule is CN(C)[C@H](CNC(=O)c1cccnc1N1CCCC1)c1ccsc1. The first kappa shape index (κ1) is 16.9. The maximum absolute atomic E-state index is 12.7. The molecule has 1 fully saturated rings. The first-order valence-electron chi connectivity index (χ1n) is 8.33. The Hall–Kier alpha value is -1.92. The van der Waals surface area contributed by atoms with Crippen LogP contribution in [0.1, 0.15) is 34.8 Å². The van der Waals surface area contributed by atoms with Gasteiger partial charge in [0.2, 0.25) is 0 Å². The number of hydrogen-bond acceptors (Lipinski definition) is 5. The molecule has 5 nitrogen and oxygen atoms in total. The molecule has 3 heterocycles. The third kappa shape index (κ3) is 3.76. The van der Waals surface area contributed by atoms with Gasteiger partial charge in [-0.1, -0.05) is 0 Å². The highest BCUT2D eigenvalue weighted by Gasteiger charge is 2.22. The van der Waals surface area contributed by atoms with Crippen molar-refractivity contribution in [2.75, 3.05) is 38.6 Å². The van der Waals surface area contributed by atoms with Gasteiger partial charge in [-0.3, -0.25) is 4.79 Å². The third-order valence-corrected chi connectivity index (χ3v) is 5.15. The van der Waals surface area contributed by atoms with Crippen molar-refractivity contribution in [1.82, 2.24) is 15.2 Å². The molecule has 2 aromatic rings. The number of likely N-dealkylation sites (N-methyl/N-ethyl adjacent to an activating group) is 1. The Morgan fingerprint density at radius 3 is 2.83 bits per heavy atom. The van der Waals surface area contributed by atoms with Crippen LogP contribution in [-0.2, 0) is 0 Å². The second-order valence-electron chi connectivity index (χ2n) is 6.31. The first-order chi connectivity index (χ1) is 11.7. The number of carbonyl (C=O) groups excluding carboxylic acids is 1. The molecule has 2 aromatic heterocycles. The molecule has 0 saturated carbocycles. The Balaban J connectivity index is 1.71. The zero-order valence-corrected chi connectivity index (χ0v) is 15.1. The molecule has 0 aliphatic carbocycles. The quantitative estimate of drug-likeness (QED) is 0.875. The minimum atomic E-state index is -0.0490. The Bertz CT molecular complexity index is 665. The molecule has 0 aromatic carbocycles. The van der Waals surface area contributed by atoms with Crippen molar-refractivity contribution in [1.29, 1.82) is 0 Å². The lowest BCUT2D eigenvalue weighted by Crippen LogP contribution is -2.35. The Morgan fingerprint density at radius 1 is 1.38 bits per heavy atom. The van der Waals surface area contributed by atoms with E-state index < -0.39 is 0 Å². The molecule has 0 radical (unpaired) electrons. The van der Waals surface area contributed by atoms with Crippen LogP contribution in [0.2, 0.25) is 0 Å². The summed E-state index contributed by atoms with van der Waals surface area (Å²) in [6.45, 7) is 2.54. The lowest BCUT2D eigenvalue weighted by Gasteiger charge is -2.24. The van der Waals surface area contributed by atoms with Crippen LogP contribution in [0, 0.1) is 0 Å². The summed E-state index contributed by atoms with van der Waals surface area (Å²) in [6, 6.07) is 5.98. The number of nitrogens with one attached hydrogen (secondary N) is 1. The van der Waals surface area contributed by atoms with Gasteiger partial charge in [0.1, 0.15) is 5.82 Å². The maximum atomic E-state index is 12.7. The lowest BCUT2D eigenvalue weighted by atomic mass is 10.1. The molecule has 1 atom stereocenters. The molecule has 3 rings (SSSR count). The van der Waals surface area contributed by atoms with Gasteiger partial charge in [-0.2, -0.15) is 11.3 Å². The van der Waals surface area contributed by atoms with Crippen LogP contribution >= 0.6 is 11.3 Å². The van der Waals surface area contributed by atoms with Crippen molar-refractivity contribution in [2.24, 2.45) is 0 Å². The van der Waals surface area contributed by atoms with E-state index in [0.29, 0.717) is 12.1 Å². The van der Waals surface area contributed by atoms with Gasteiger partial charge in [0.05, 0.1) is 11.6 Å². The van der Waals surface area contributed by atoms with Crippen molar-refractivity contribution >= 4 is 23.1 Å². The van der Waals surface area contributed by atoms with Crippen molar-refractivity contribution < 1.29 is 4.79 Å². The van der Waals surface area contributed by atoms with Crippen LogP contribution in [0.5, 0.6) is 0 Å². The number of thiophene rings is 1. The summed E-state index contributed by atoms with van der Waals surface area (Å²) in [5, 5.41) is 7.30. The van der Waals surface area contributed by atoms with E-state index in [2.05, 4.69) is 36.9 Å². The number of rotatable bonds is 6. The number of carbonyl (C=O) groups is 1. The number of hydrogen-bond donors (Lipinski definition) is 1. The topological polar surface area (TPSA) is 48.5 Å². The predicted molar refractivity (Wildman–Crippen MR) is 98.8 cm³/mol. The van der Waals surface area contributed by atoms with Crippen molar-refractivity contribution in [2.45, 2.75) is 18.9 Å². The van der Waals surface area contributed by atoms with E-state index in [-0.39, 0.29) is 11.9 Å². The van der Waals surface area contributed by atoms with E-state index in [1.165, 1.54) is 18.4 Å². The third-order valence-electron chi connectivity index (χ3n) is 4.44. The summed E-state index contributed by atoms with van der Waals surface area (Å²) in [5.41, 5.74) is 1.90. The van der Waals surface area contributed by atoms with E-state index in [1.54, 1.807) is 17.5 Å². The minimum Gasteiger partial charge on any atom is -0.356 e. The Labute approximate surface area is 147 Å². The molecule has 0 unspecified atom stereocenters. The molecule has 1 saturated heterocycles. The molecule has 1 aliphatic heterocycles. The van der Waals surface area contributed by atoms with Gasteiger partial charge in [-0.25, -0.2) is 4.98 Å². The fraction of sp³-hybridized carbons (Fsp3) is 0.444. The van der Waals surface area contributed by atoms with Gasteiger partial charge in [-0.05, 0) is 61.5 Å². The molecule has 1 aliphatic rings. The number of aromatic nitrogens is 1. The van der Waals surface area contributed by atoms with Gasteiger partial charge in [0, 0.05) is 25.8 Å². The summed E-state index contributed by atoms with van der Waals surface area (Å²) in [4.78, 5) is 21.5. The molecule has 128 valence electrons. The predicted octanol–water partition coefficient (Wildman–Crippen LogP) is 2.78. The fourth-order valence-electron chi connectivity index (χ4n) is 3.10. The van der Waals surface area contributed by atoms with Crippen LogP contribution in [0.25, 0.3) is 0 Å². The monoisotopic (exact) mass is 344 g/mol. The fourth-order valence-corrected chi connectivity index (χ4v) is 3.81. The first-order valence-corrected chi connectivity index (χ1v) is 9.28. The van der Waals surface area contributed by atoms with Crippen LogP contribution in [0.4, 0.5) is 5.82 Å². The molecule has 6 heteroatoms. The van der Waals surface area contributed by atoms with Crippen molar-refractivity contribution in [3.63, 3.8) is 0 Å². The summed E-state index contributed by atoms with van der Waals surface area (Å²) in [5.74, 6) is 0.761. The van der Waals surface area contributed by atoms with Crippen LogP contribution in [0.15, 0.2) is 35.2 Å². The zero-order valence-electron chi connectivity index (χ0n) is 14.2. The van der Waals surface area contributed by atoms with Gasteiger partial charge in [-0.15, -0.1) is 0 Å². The molecular weight excluding hydrogens is 320 g/mol. The molecule has 1 N–H and O–H groups in total. The van der Waals surface area contributed by atoms with E-state index in [1.807, 2.05) is 26.2 Å². The highest BCUT2D eigenvalue weighted by Crippen LogP contribution is 2.23. The van der Waals surface area contributed by atoms with Crippen molar-refractivity contribution in [3.05, 3.63) is 46.3 Å². The van der Waals surface area contributed by atoms with Crippen LogP contribution in [0.3, 0.4) is 0 Å². The average molecular weight is 344 g/mol. The molecule has 1 amide bonds. The zero-order chi connectivity index (χ0) is 16.9. The standard InChI is InChI=1S/C18H24N4OS/c1-21(2)16(14-7-11-24-13-14)12-20-18(23)15-6-5-8-19-17(15)22-9-3-4-10-22/h5-8,11,13,16H,3-4,9-10,12H2,1-2H3,(H,20,23)/t16-/m1/s1. The normalized spacial score (nSPS) is 15.7. The second kappa shape index (κ2) is 7.77. The molecule has 0 spiro atoms. The Morgan fingerprint density at radius 2 is 2.17 bits per heavy atom. The van der Waals surface area contributed by atoms with Gasteiger partial charge < -0.3 is 15.1 Å². The number of anilines is 1. The minimum absolute atomic E-state index is 0.0490. The smallest absolute Gasteiger partial charge is 0.255 e. The second-order valence-corrected chi connectivity index (χ2v) is 7.09. The Kier molecular flexibility index (Phi) is 5.48. The van der Waals surface area contributed by atoms with Gasteiger partial charge >= 0.3 is 0 Å². The summed E-state index contributed by atoms with van der Waals surface area (Å²) < 4.78 is 0. The average Bonchev–Trinajstić information content (AvgIpc) is 3.28. The largest absolute Gasteiger partial charge is 0.356 e. The van der Waals surface area contributed by atoms with E-state index in [4.69, 9.17) is 0 Å². The van der Waals surface area contributed by atoms with Crippen LogP contribution in [-0.4, -0.2) is 49.5 Å². The van der Waals surface area contributed by atoms with E-state index >= 15 is 0 Å². The number of nitrogens with zero attached hydrogens (tertiary/aromatic N) is 3.